The standard InChI is InChI=1S/C20H24N4O3/c1-13-10-18(27-23-13)20(25)24-8-6-14(7-9-24)19-17(12-21-22-19)15-4-3-5-16(11-15)26-2/h3-5,11-12,14,18H,6-10H2,1-2H3,(H,21,22). The van der Waals surface area contributed by atoms with E-state index in [4.69, 9.17) is 9.57 Å². The van der Waals surface area contributed by atoms with Gasteiger partial charge in [-0.1, -0.05) is 17.3 Å². The number of H-pyrrole nitrogens is 1. The average Bonchev–Trinajstić information content (AvgIpc) is 3.37. The number of aromatic nitrogens is 2. The van der Waals surface area contributed by atoms with Gasteiger partial charge in [-0.25, -0.2) is 0 Å². The molecule has 2 aliphatic heterocycles. The minimum absolute atomic E-state index is 0.0479. The van der Waals surface area contributed by atoms with Gasteiger partial charge in [-0.15, -0.1) is 0 Å². The zero-order chi connectivity index (χ0) is 18.8. The number of ether oxygens (including phenoxy) is 1. The normalized spacial score (nSPS) is 20.3. The summed E-state index contributed by atoms with van der Waals surface area (Å²) in [7, 11) is 1.67. The Hall–Kier alpha value is -2.83. The lowest BCUT2D eigenvalue weighted by molar-refractivity contribution is -0.143. The Balaban J connectivity index is 1.43. The van der Waals surface area contributed by atoms with Crippen molar-refractivity contribution < 1.29 is 14.4 Å². The number of hydrogen-bond acceptors (Lipinski definition) is 5. The molecule has 1 atom stereocenters. The molecule has 1 aromatic carbocycles. The van der Waals surface area contributed by atoms with Crippen molar-refractivity contribution in [3.8, 4) is 16.9 Å². The molecule has 1 amide bonds. The third kappa shape index (κ3) is 3.54. The van der Waals surface area contributed by atoms with Crippen LogP contribution in [0, 0.1) is 0 Å². The van der Waals surface area contributed by atoms with Gasteiger partial charge in [-0.3, -0.25) is 9.89 Å². The molecule has 1 N–H and O–H groups in total. The van der Waals surface area contributed by atoms with E-state index in [1.54, 1.807) is 7.11 Å². The van der Waals surface area contributed by atoms with E-state index in [9.17, 15) is 4.79 Å². The van der Waals surface area contributed by atoms with Gasteiger partial charge < -0.3 is 14.5 Å². The molecule has 1 saturated heterocycles. The number of hydrogen-bond donors (Lipinski definition) is 1. The van der Waals surface area contributed by atoms with Gasteiger partial charge in [-0.2, -0.15) is 5.10 Å². The van der Waals surface area contributed by atoms with Gasteiger partial charge in [0, 0.05) is 36.7 Å². The largest absolute Gasteiger partial charge is 0.497 e. The van der Waals surface area contributed by atoms with Crippen LogP contribution in [0.15, 0.2) is 35.6 Å². The molecule has 0 radical (unpaired) electrons. The number of oxime groups is 1. The Bertz CT molecular complexity index is 852. The fourth-order valence-electron chi connectivity index (χ4n) is 3.85. The third-order valence-corrected chi connectivity index (χ3v) is 5.36. The SMILES string of the molecule is COc1cccc(-c2cn[nH]c2C2CCN(C(=O)C3CC(C)=NO3)CC2)c1. The highest BCUT2D eigenvalue weighted by atomic mass is 16.6. The highest BCUT2D eigenvalue weighted by Crippen LogP contribution is 2.35. The number of carbonyl (C=O) groups is 1. The average molecular weight is 368 g/mol. The van der Waals surface area contributed by atoms with Crippen LogP contribution in [0.3, 0.4) is 0 Å². The molecule has 0 spiro atoms. The fraction of sp³-hybridized carbons (Fsp3) is 0.450. The summed E-state index contributed by atoms with van der Waals surface area (Å²) in [6.45, 7) is 3.33. The molecule has 0 bridgehead atoms. The lowest BCUT2D eigenvalue weighted by Crippen LogP contribution is -2.43. The van der Waals surface area contributed by atoms with Crippen molar-refractivity contribution in [3.05, 3.63) is 36.2 Å². The molecule has 7 heteroatoms. The number of benzene rings is 1. The second-order valence-electron chi connectivity index (χ2n) is 7.15. The lowest BCUT2D eigenvalue weighted by atomic mass is 9.89. The first-order valence-corrected chi connectivity index (χ1v) is 9.31. The molecular weight excluding hydrogens is 344 g/mol. The highest BCUT2D eigenvalue weighted by Gasteiger charge is 2.33. The van der Waals surface area contributed by atoms with Crippen molar-refractivity contribution >= 4 is 11.6 Å². The number of aromatic amines is 1. The van der Waals surface area contributed by atoms with Gasteiger partial charge in [0.1, 0.15) is 5.75 Å². The number of piperidine rings is 1. The minimum atomic E-state index is -0.443. The van der Waals surface area contributed by atoms with Gasteiger partial charge in [0.2, 0.25) is 6.10 Å². The first kappa shape index (κ1) is 17.6. The summed E-state index contributed by atoms with van der Waals surface area (Å²) in [5.74, 6) is 1.22. The van der Waals surface area contributed by atoms with E-state index >= 15 is 0 Å². The van der Waals surface area contributed by atoms with E-state index in [1.807, 2.05) is 36.2 Å². The molecule has 142 valence electrons. The molecule has 0 saturated carbocycles. The molecule has 7 nitrogen and oxygen atoms in total. The van der Waals surface area contributed by atoms with Crippen molar-refractivity contribution in [1.29, 1.82) is 0 Å². The molecule has 1 aromatic heterocycles. The zero-order valence-electron chi connectivity index (χ0n) is 15.6. The summed E-state index contributed by atoms with van der Waals surface area (Å²) >= 11 is 0. The number of nitrogens with zero attached hydrogens (tertiary/aromatic N) is 3. The Morgan fingerprint density at radius 3 is 2.85 bits per heavy atom. The molecule has 2 aliphatic rings. The maximum absolute atomic E-state index is 12.6. The molecule has 4 rings (SSSR count). The van der Waals surface area contributed by atoms with Gasteiger partial charge in [0.05, 0.1) is 19.0 Å². The van der Waals surface area contributed by atoms with Crippen LogP contribution in [0.2, 0.25) is 0 Å². The Labute approximate surface area is 158 Å². The topological polar surface area (TPSA) is 79.8 Å². The lowest BCUT2D eigenvalue weighted by Gasteiger charge is -2.33. The van der Waals surface area contributed by atoms with Crippen molar-refractivity contribution in [2.24, 2.45) is 5.16 Å². The fourth-order valence-corrected chi connectivity index (χ4v) is 3.85. The van der Waals surface area contributed by atoms with Crippen LogP contribution in [-0.2, 0) is 9.63 Å². The monoisotopic (exact) mass is 368 g/mol. The van der Waals surface area contributed by atoms with Crippen LogP contribution in [-0.4, -0.2) is 53.0 Å². The van der Waals surface area contributed by atoms with E-state index in [-0.39, 0.29) is 5.91 Å². The van der Waals surface area contributed by atoms with Crippen LogP contribution >= 0.6 is 0 Å². The second-order valence-corrected chi connectivity index (χ2v) is 7.15. The first-order chi connectivity index (χ1) is 13.2. The molecule has 27 heavy (non-hydrogen) atoms. The summed E-state index contributed by atoms with van der Waals surface area (Å²) in [4.78, 5) is 19.7. The Kier molecular flexibility index (Phi) is 4.83. The van der Waals surface area contributed by atoms with E-state index in [0.717, 1.165) is 54.2 Å². The molecule has 3 heterocycles. The van der Waals surface area contributed by atoms with Crippen LogP contribution in [0.1, 0.15) is 37.8 Å². The van der Waals surface area contributed by atoms with Crippen molar-refractivity contribution in [2.45, 2.75) is 38.2 Å². The summed E-state index contributed by atoms with van der Waals surface area (Å²) < 4.78 is 5.34. The highest BCUT2D eigenvalue weighted by molar-refractivity contribution is 5.91. The quantitative estimate of drug-likeness (QED) is 0.900. The van der Waals surface area contributed by atoms with Crippen LogP contribution in [0.5, 0.6) is 5.75 Å². The van der Waals surface area contributed by atoms with E-state index in [1.165, 1.54) is 0 Å². The predicted molar refractivity (Wildman–Crippen MR) is 102 cm³/mol. The summed E-state index contributed by atoms with van der Waals surface area (Å²) in [6.07, 6.45) is 3.82. The van der Waals surface area contributed by atoms with E-state index < -0.39 is 6.10 Å². The molecular formula is C20H24N4O3. The summed E-state index contributed by atoms with van der Waals surface area (Å²) in [5.41, 5.74) is 4.20. The molecule has 2 aromatic rings. The first-order valence-electron chi connectivity index (χ1n) is 9.31. The van der Waals surface area contributed by atoms with Crippen LogP contribution in [0.25, 0.3) is 11.1 Å². The number of nitrogens with one attached hydrogen (secondary N) is 1. The van der Waals surface area contributed by atoms with Crippen LogP contribution < -0.4 is 4.74 Å². The number of amides is 1. The predicted octanol–water partition coefficient (Wildman–Crippen LogP) is 2.96. The number of methoxy groups -OCH3 is 1. The minimum Gasteiger partial charge on any atom is -0.497 e. The molecule has 1 fully saturated rings. The maximum Gasteiger partial charge on any atom is 0.266 e. The van der Waals surface area contributed by atoms with Gasteiger partial charge in [0.25, 0.3) is 5.91 Å². The van der Waals surface area contributed by atoms with Gasteiger partial charge >= 0.3 is 0 Å². The van der Waals surface area contributed by atoms with Gasteiger partial charge in [-0.05, 0) is 37.5 Å². The van der Waals surface area contributed by atoms with E-state index in [2.05, 4.69) is 21.4 Å². The third-order valence-electron chi connectivity index (χ3n) is 5.36. The second kappa shape index (κ2) is 7.42. The Morgan fingerprint density at radius 2 is 2.15 bits per heavy atom. The van der Waals surface area contributed by atoms with Crippen LogP contribution in [0.4, 0.5) is 0 Å². The van der Waals surface area contributed by atoms with Gasteiger partial charge in [0.15, 0.2) is 0 Å². The van der Waals surface area contributed by atoms with Crippen molar-refractivity contribution in [1.82, 2.24) is 15.1 Å². The summed E-state index contributed by atoms with van der Waals surface area (Å²) in [5, 5.41) is 11.3. The van der Waals surface area contributed by atoms with Crippen molar-refractivity contribution in [2.75, 3.05) is 20.2 Å². The number of likely N-dealkylation sites (tertiary alicyclic amines) is 1. The van der Waals surface area contributed by atoms with E-state index in [0.29, 0.717) is 12.3 Å². The number of carbonyl (C=O) groups excluding carboxylic acids is 1. The van der Waals surface area contributed by atoms with Crippen molar-refractivity contribution in [3.63, 3.8) is 0 Å². The number of rotatable bonds is 4. The summed E-state index contributed by atoms with van der Waals surface area (Å²) in [6, 6.07) is 8.00. The maximum atomic E-state index is 12.6. The zero-order valence-corrected chi connectivity index (χ0v) is 15.6. The molecule has 0 aliphatic carbocycles. The smallest absolute Gasteiger partial charge is 0.266 e. The Morgan fingerprint density at radius 1 is 1.33 bits per heavy atom. The molecule has 1 unspecified atom stereocenters.